The molecule has 0 amide bonds. The number of aromatic hydroxyl groups is 1. The lowest BCUT2D eigenvalue weighted by Crippen LogP contribution is -2.03. The maximum Gasteiger partial charge on any atom is 0.260 e. The Bertz CT molecular complexity index is 1090. The van der Waals surface area contributed by atoms with Crippen LogP contribution in [-0.2, 0) is 5.75 Å². The number of nitroso groups, excluding NO2 is 1. The van der Waals surface area contributed by atoms with Gasteiger partial charge in [0.2, 0.25) is 0 Å². The van der Waals surface area contributed by atoms with E-state index in [1.54, 1.807) is 18.2 Å². The van der Waals surface area contributed by atoms with E-state index in [4.69, 9.17) is 10.2 Å². The summed E-state index contributed by atoms with van der Waals surface area (Å²) in [6.07, 6.45) is 0. The second kappa shape index (κ2) is 7.60. The first-order valence-electron chi connectivity index (χ1n) is 7.55. The summed E-state index contributed by atoms with van der Waals surface area (Å²) in [5, 5.41) is 31.7. The van der Waals surface area contributed by atoms with Gasteiger partial charge in [-0.15, -0.1) is 4.91 Å². The molecular weight excluding hydrogens is 366 g/mol. The number of nitrogens with two attached hydrogens (primary N) is 1. The first-order valence-corrected chi connectivity index (χ1v) is 8.54. The molecule has 0 bridgehead atoms. The van der Waals surface area contributed by atoms with Crippen LogP contribution in [0.1, 0.15) is 16.9 Å². The third kappa shape index (κ3) is 3.59. The summed E-state index contributed by atoms with van der Waals surface area (Å²) in [6.45, 7) is 0. The molecule has 0 aliphatic carbocycles. The molecule has 0 radical (unpaired) electrons. The van der Waals surface area contributed by atoms with Crippen molar-refractivity contribution in [2.24, 2.45) is 5.18 Å². The van der Waals surface area contributed by atoms with Gasteiger partial charge in [-0.2, -0.15) is 10.5 Å². The second-order valence-electron chi connectivity index (χ2n) is 5.32. The maximum atomic E-state index is 10.5. The van der Waals surface area contributed by atoms with E-state index in [1.165, 1.54) is 30.0 Å². The number of furan rings is 1. The number of nitriles is 2. The fourth-order valence-corrected chi connectivity index (χ4v) is 3.34. The monoisotopic (exact) mass is 377 g/mol. The van der Waals surface area contributed by atoms with Gasteiger partial charge in [0.25, 0.3) is 5.88 Å². The number of hydrogen-bond acceptors (Lipinski definition) is 9. The van der Waals surface area contributed by atoms with E-state index >= 15 is 0 Å². The van der Waals surface area contributed by atoms with Crippen LogP contribution in [0.4, 0.5) is 11.7 Å². The summed E-state index contributed by atoms with van der Waals surface area (Å²) in [5.41, 5.74) is 7.12. The van der Waals surface area contributed by atoms with E-state index in [0.717, 1.165) is 0 Å². The second-order valence-corrected chi connectivity index (χ2v) is 6.28. The highest BCUT2D eigenvalue weighted by Gasteiger charge is 2.21. The van der Waals surface area contributed by atoms with Crippen LogP contribution in [0.15, 0.2) is 51.0 Å². The van der Waals surface area contributed by atoms with Crippen LogP contribution in [0.2, 0.25) is 0 Å². The number of thioether (sulfide) groups is 1. The number of phenols is 1. The molecule has 9 heteroatoms. The predicted octanol–water partition coefficient (Wildman–Crippen LogP) is 4.06. The first-order chi connectivity index (χ1) is 13.1. The van der Waals surface area contributed by atoms with E-state index in [0.29, 0.717) is 21.9 Å². The number of hydrogen-bond donors (Lipinski definition) is 2. The molecule has 2 aromatic heterocycles. The van der Waals surface area contributed by atoms with E-state index in [2.05, 4.69) is 16.2 Å². The van der Waals surface area contributed by atoms with Gasteiger partial charge in [-0.05, 0) is 23.8 Å². The standard InChI is InChI=1S/C18H11N5O3S/c19-7-13-16(10-1-3-11(24)4-2-10)14(8-20)18(22-17(13)21)27-9-12-5-6-15(23-25)26-12/h1-6,24H,9H2,(H2,21,22). The van der Waals surface area contributed by atoms with Gasteiger partial charge >= 0.3 is 0 Å². The lowest BCUT2D eigenvalue weighted by atomic mass is 9.97. The molecule has 0 aliphatic rings. The minimum atomic E-state index is -0.0387. The Kier molecular flexibility index (Phi) is 5.06. The van der Waals surface area contributed by atoms with Gasteiger partial charge in [0.15, 0.2) is 0 Å². The number of nitrogen functional groups attached to an aromatic ring is 1. The highest BCUT2D eigenvalue weighted by atomic mass is 32.2. The minimum Gasteiger partial charge on any atom is -0.508 e. The van der Waals surface area contributed by atoms with Crippen molar-refractivity contribution in [2.45, 2.75) is 10.8 Å². The van der Waals surface area contributed by atoms with E-state index in [9.17, 15) is 20.5 Å². The summed E-state index contributed by atoms with van der Waals surface area (Å²) in [6, 6.07) is 13.2. The molecule has 0 fully saturated rings. The summed E-state index contributed by atoms with van der Waals surface area (Å²) >= 11 is 1.18. The lowest BCUT2D eigenvalue weighted by Gasteiger charge is -2.12. The van der Waals surface area contributed by atoms with E-state index < -0.39 is 0 Å². The van der Waals surface area contributed by atoms with E-state index in [-0.39, 0.29) is 34.3 Å². The molecule has 8 nitrogen and oxygen atoms in total. The molecule has 2 heterocycles. The fraction of sp³-hybridized carbons (Fsp3) is 0.0556. The van der Waals surface area contributed by atoms with Gasteiger partial charge in [-0.3, -0.25) is 0 Å². The maximum absolute atomic E-state index is 10.5. The highest BCUT2D eigenvalue weighted by molar-refractivity contribution is 7.98. The molecular formula is C18H11N5O3S. The zero-order valence-corrected chi connectivity index (χ0v) is 14.5. The number of nitrogens with zero attached hydrogens (tertiary/aromatic N) is 4. The number of pyridine rings is 1. The van der Waals surface area contributed by atoms with Crippen molar-refractivity contribution in [3.05, 3.63) is 58.2 Å². The first kappa shape index (κ1) is 18.0. The number of rotatable bonds is 5. The Morgan fingerprint density at radius 1 is 1.15 bits per heavy atom. The van der Waals surface area contributed by atoms with Gasteiger partial charge in [0.05, 0.1) is 11.3 Å². The highest BCUT2D eigenvalue weighted by Crippen LogP contribution is 2.37. The smallest absolute Gasteiger partial charge is 0.260 e. The molecule has 3 rings (SSSR count). The van der Waals surface area contributed by atoms with Crippen molar-refractivity contribution in [3.8, 4) is 29.0 Å². The summed E-state index contributed by atoms with van der Waals surface area (Å²) < 4.78 is 5.21. The van der Waals surface area contributed by atoms with Gasteiger partial charge in [-0.1, -0.05) is 23.9 Å². The average molecular weight is 377 g/mol. The molecule has 132 valence electrons. The number of benzene rings is 1. The molecule has 3 N–H and O–H groups in total. The zero-order chi connectivity index (χ0) is 19.4. The Hall–Kier alpha value is -3.82. The molecule has 27 heavy (non-hydrogen) atoms. The topological polar surface area (TPSA) is 149 Å². The number of anilines is 1. The fourth-order valence-electron chi connectivity index (χ4n) is 2.45. The van der Waals surface area contributed by atoms with E-state index in [1.807, 2.05) is 6.07 Å². The van der Waals surface area contributed by atoms with Gasteiger partial charge in [0.1, 0.15) is 40.1 Å². The van der Waals surface area contributed by atoms with Crippen molar-refractivity contribution in [3.63, 3.8) is 0 Å². The lowest BCUT2D eigenvalue weighted by molar-refractivity contribution is 0.475. The molecule has 0 saturated heterocycles. The van der Waals surface area contributed by atoms with Crippen LogP contribution >= 0.6 is 11.8 Å². The Balaban J connectivity index is 2.07. The molecule has 0 saturated carbocycles. The normalized spacial score (nSPS) is 10.1. The van der Waals surface area contributed by atoms with Gasteiger partial charge in [-0.25, -0.2) is 4.98 Å². The van der Waals surface area contributed by atoms with Crippen LogP contribution in [0.5, 0.6) is 5.75 Å². The largest absolute Gasteiger partial charge is 0.508 e. The minimum absolute atomic E-state index is 0.00299. The van der Waals surface area contributed by atoms with Crippen molar-refractivity contribution in [1.82, 2.24) is 4.98 Å². The van der Waals surface area contributed by atoms with Gasteiger partial charge in [0, 0.05) is 16.8 Å². The van der Waals surface area contributed by atoms with Crippen LogP contribution in [-0.4, -0.2) is 10.1 Å². The SMILES string of the molecule is N#Cc1c(N)nc(SCc2ccc(N=O)o2)c(C#N)c1-c1ccc(O)cc1. The quantitative estimate of drug-likeness (QED) is 0.499. The summed E-state index contributed by atoms with van der Waals surface area (Å²) in [5.74, 6) is 0.788. The van der Waals surface area contributed by atoms with Crippen molar-refractivity contribution in [1.29, 1.82) is 10.5 Å². The van der Waals surface area contributed by atoms with Crippen LogP contribution < -0.4 is 5.73 Å². The third-order valence-corrected chi connectivity index (χ3v) is 4.66. The van der Waals surface area contributed by atoms with Crippen LogP contribution in [0, 0.1) is 27.6 Å². The third-order valence-electron chi connectivity index (χ3n) is 3.66. The summed E-state index contributed by atoms with van der Waals surface area (Å²) in [7, 11) is 0. The molecule has 3 aromatic rings. The molecule has 0 atom stereocenters. The van der Waals surface area contributed by atoms with Gasteiger partial charge < -0.3 is 15.3 Å². The Morgan fingerprint density at radius 2 is 1.85 bits per heavy atom. The summed E-state index contributed by atoms with van der Waals surface area (Å²) in [4.78, 5) is 14.6. The van der Waals surface area contributed by atoms with Crippen molar-refractivity contribution < 1.29 is 9.52 Å². The molecule has 1 aromatic carbocycles. The van der Waals surface area contributed by atoms with Crippen LogP contribution in [0.25, 0.3) is 11.1 Å². The molecule has 0 aliphatic heterocycles. The molecule has 0 spiro atoms. The molecule has 0 unspecified atom stereocenters. The average Bonchev–Trinajstić information content (AvgIpc) is 3.14. The predicted molar refractivity (Wildman–Crippen MR) is 98.9 cm³/mol. The Labute approximate surface area is 157 Å². The Morgan fingerprint density at radius 3 is 2.44 bits per heavy atom. The number of aromatic nitrogens is 1. The number of phenolic OH excluding ortho intramolecular Hbond substituents is 1. The zero-order valence-electron chi connectivity index (χ0n) is 13.7. The van der Waals surface area contributed by atoms with Crippen molar-refractivity contribution >= 4 is 23.5 Å². The van der Waals surface area contributed by atoms with Crippen LogP contribution in [0.3, 0.4) is 0 Å². The van der Waals surface area contributed by atoms with Crippen molar-refractivity contribution in [2.75, 3.05) is 5.73 Å².